The fourth-order valence-electron chi connectivity index (χ4n) is 3.99. The first-order chi connectivity index (χ1) is 16.3. The Labute approximate surface area is 197 Å². The van der Waals surface area contributed by atoms with Crippen LogP contribution in [0.15, 0.2) is 67.0 Å². The van der Waals surface area contributed by atoms with Crippen molar-refractivity contribution in [3.8, 4) is 11.3 Å². The summed E-state index contributed by atoms with van der Waals surface area (Å²) in [6.45, 7) is 7.45. The third-order valence-corrected chi connectivity index (χ3v) is 7.77. The Morgan fingerprint density at radius 3 is 2.56 bits per heavy atom. The molecule has 3 heterocycles. The van der Waals surface area contributed by atoms with Crippen LogP contribution in [0.2, 0.25) is 0 Å². The molecule has 2 aromatic carbocycles. The van der Waals surface area contributed by atoms with E-state index in [1.807, 2.05) is 62.4 Å². The fourth-order valence-corrected chi connectivity index (χ4v) is 5.61. The Hall–Kier alpha value is -3.48. The van der Waals surface area contributed by atoms with E-state index in [1.54, 1.807) is 23.7 Å². The SMILES string of the molecule is CC(C)OP(C)(=O)c1ccc(-c2cnc3nnn(C(C)c4ccc5ncccc5c4)c3n2)cc1. The van der Waals surface area contributed by atoms with Gasteiger partial charge in [0.2, 0.25) is 13.0 Å². The highest BCUT2D eigenvalue weighted by atomic mass is 31.2. The van der Waals surface area contributed by atoms with Crippen LogP contribution in [-0.4, -0.2) is 42.7 Å². The fraction of sp³-hybridized carbons (Fsp3) is 0.240. The summed E-state index contributed by atoms with van der Waals surface area (Å²) in [5.41, 5.74) is 4.66. The number of hydrogen-bond donors (Lipinski definition) is 0. The zero-order valence-electron chi connectivity index (χ0n) is 19.5. The summed E-state index contributed by atoms with van der Waals surface area (Å²) in [4.78, 5) is 13.7. The molecule has 0 saturated heterocycles. The van der Waals surface area contributed by atoms with Gasteiger partial charge in [-0.25, -0.2) is 14.6 Å². The maximum atomic E-state index is 12.9. The van der Waals surface area contributed by atoms with Gasteiger partial charge in [0.05, 0.1) is 29.6 Å². The smallest absolute Gasteiger partial charge is 0.229 e. The van der Waals surface area contributed by atoms with Crippen LogP contribution in [0.1, 0.15) is 32.4 Å². The summed E-state index contributed by atoms with van der Waals surface area (Å²) in [7, 11) is -2.88. The van der Waals surface area contributed by atoms with Crippen LogP contribution < -0.4 is 5.30 Å². The Morgan fingerprint density at radius 1 is 1.00 bits per heavy atom. The standard InChI is InChI=1S/C25H25N6O2P/c1-16(2)33-34(4,32)21-10-7-18(8-11-21)23-15-27-24-25(28-23)31(30-29-24)17(3)19-9-12-22-20(14-19)6-5-13-26-22/h5-17H,1-4H3. The van der Waals surface area contributed by atoms with E-state index in [4.69, 9.17) is 9.51 Å². The molecule has 0 saturated carbocycles. The number of hydrogen-bond acceptors (Lipinski definition) is 7. The third kappa shape index (κ3) is 4.22. The maximum Gasteiger partial charge on any atom is 0.229 e. The predicted molar refractivity (Wildman–Crippen MR) is 133 cm³/mol. The van der Waals surface area contributed by atoms with E-state index in [-0.39, 0.29) is 12.1 Å². The van der Waals surface area contributed by atoms with Crippen molar-refractivity contribution in [2.24, 2.45) is 0 Å². The lowest BCUT2D eigenvalue weighted by Crippen LogP contribution is -2.11. The van der Waals surface area contributed by atoms with Gasteiger partial charge in [-0.1, -0.05) is 29.5 Å². The monoisotopic (exact) mass is 472 g/mol. The number of nitrogens with zero attached hydrogens (tertiary/aromatic N) is 6. The van der Waals surface area contributed by atoms with Gasteiger partial charge in [-0.05, 0) is 56.7 Å². The third-order valence-electron chi connectivity index (χ3n) is 5.71. The molecule has 172 valence electrons. The van der Waals surface area contributed by atoms with E-state index in [0.717, 1.165) is 22.0 Å². The molecular weight excluding hydrogens is 447 g/mol. The summed E-state index contributed by atoms with van der Waals surface area (Å²) in [6, 6.07) is 17.5. The molecule has 0 amide bonds. The van der Waals surface area contributed by atoms with E-state index < -0.39 is 7.37 Å². The van der Waals surface area contributed by atoms with Gasteiger partial charge in [0.15, 0.2) is 5.65 Å². The number of fused-ring (bicyclic) bond motifs is 2. The minimum absolute atomic E-state index is 0.0966. The highest BCUT2D eigenvalue weighted by Crippen LogP contribution is 2.42. The molecule has 9 heteroatoms. The largest absolute Gasteiger partial charge is 0.323 e. The van der Waals surface area contributed by atoms with Crippen LogP contribution in [0.3, 0.4) is 0 Å². The molecule has 0 aliphatic heterocycles. The number of rotatable bonds is 6. The second-order valence-electron chi connectivity index (χ2n) is 8.61. The van der Waals surface area contributed by atoms with Gasteiger partial charge in [0.1, 0.15) is 0 Å². The van der Waals surface area contributed by atoms with Gasteiger partial charge in [-0.3, -0.25) is 9.55 Å². The summed E-state index contributed by atoms with van der Waals surface area (Å²) < 4.78 is 20.3. The van der Waals surface area contributed by atoms with Crippen LogP contribution in [0.5, 0.6) is 0 Å². The van der Waals surface area contributed by atoms with Crippen molar-refractivity contribution < 1.29 is 9.09 Å². The maximum absolute atomic E-state index is 12.9. The van der Waals surface area contributed by atoms with Crippen LogP contribution >= 0.6 is 7.37 Å². The van der Waals surface area contributed by atoms with Crippen molar-refractivity contribution >= 4 is 34.9 Å². The molecule has 5 rings (SSSR count). The molecular formula is C25H25N6O2P. The molecule has 0 bridgehead atoms. The summed E-state index contributed by atoms with van der Waals surface area (Å²) >= 11 is 0. The summed E-state index contributed by atoms with van der Waals surface area (Å²) in [5, 5.41) is 10.3. The number of benzene rings is 2. The van der Waals surface area contributed by atoms with Gasteiger partial charge in [-0.2, -0.15) is 0 Å². The van der Waals surface area contributed by atoms with Crippen molar-refractivity contribution in [2.45, 2.75) is 32.9 Å². The van der Waals surface area contributed by atoms with Crippen molar-refractivity contribution in [3.63, 3.8) is 0 Å². The normalized spacial score (nSPS) is 14.5. The van der Waals surface area contributed by atoms with Gasteiger partial charge < -0.3 is 4.52 Å². The van der Waals surface area contributed by atoms with E-state index in [0.29, 0.717) is 22.3 Å². The zero-order valence-corrected chi connectivity index (χ0v) is 20.3. The van der Waals surface area contributed by atoms with Crippen LogP contribution in [0, 0.1) is 0 Å². The minimum atomic E-state index is -2.88. The van der Waals surface area contributed by atoms with E-state index >= 15 is 0 Å². The van der Waals surface area contributed by atoms with Crippen molar-refractivity contribution in [2.75, 3.05) is 6.66 Å². The molecule has 3 aromatic heterocycles. The summed E-state index contributed by atoms with van der Waals surface area (Å²) in [5.74, 6) is 0. The van der Waals surface area contributed by atoms with Crippen LogP contribution in [0.25, 0.3) is 33.5 Å². The molecule has 0 aliphatic rings. The zero-order chi connectivity index (χ0) is 23.9. The van der Waals surface area contributed by atoms with Crippen molar-refractivity contribution in [1.82, 2.24) is 29.9 Å². The first-order valence-corrected chi connectivity index (χ1v) is 13.2. The average molecular weight is 472 g/mol. The molecule has 8 nitrogen and oxygen atoms in total. The van der Waals surface area contributed by atoms with E-state index in [9.17, 15) is 4.57 Å². The molecule has 0 radical (unpaired) electrons. The van der Waals surface area contributed by atoms with Crippen molar-refractivity contribution in [3.05, 3.63) is 72.6 Å². The molecule has 5 aromatic rings. The Kier molecular flexibility index (Phi) is 5.71. The second kappa shape index (κ2) is 8.70. The topological polar surface area (TPSA) is 95.7 Å². The molecule has 34 heavy (non-hydrogen) atoms. The Balaban J connectivity index is 1.49. The van der Waals surface area contributed by atoms with Gasteiger partial charge >= 0.3 is 0 Å². The van der Waals surface area contributed by atoms with Gasteiger partial charge in [-0.15, -0.1) is 5.10 Å². The molecule has 2 unspecified atom stereocenters. The molecule has 0 fully saturated rings. The molecule has 2 atom stereocenters. The minimum Gasteiger partial charge on any atom is -0.323 e. The highest BCUT2D eigenvalue weighted by molar-refractivity contribution is 7.66. The van der Waals surface area contributed by atoms with E-state index in [1.165, 1.54) is 0 Å². The predicted octanol–water partition coefficient (Wildman–Crippen LogP) is 5.00. The quantitative estimate of drug-likeness (QED) is 0.321. The lowest BCUT2D eigenvalue weighted by atomic mass is 10.1. The second-order valence-corrected chi connectivity index (χ2v) is 11.0. The molecule has 0 spiro atoms. The lowest BCUT2D eigenvalue weighted by Gasteiger charge is -2.17. The van der Waals surface area contributed by atoms with Crippen LogP contribution in [-0.2, 0) is 9.09 Å². The number of pyridine rings is 1. The average Bonchev–Trinajstić information content (AvgIpc) is 3.26. The van der Waals surface area contributed by atoms with Crippen molar-refractivity contribution in [1.29, 1.82) is 0 Å². The van der Waals surface area contributed by atoms with Crippen LogP contribution in [0.4, 0.5) is 0 Å². The van der Waals surface area contributed by atoms with Gasteiger partial charge in [0.25, 0.3) is 0 Å². The molecule has 0 N–H and O–H groups in total. The van der Waals surface area contributed by atoms with E-state index in [2.05, 4.69) is 33.3 Å². The Morgan fingerprint density at radius 2 is 1.79 bits per heavy atom. The first kappa shape index (κ1) is 22.3. The number of aromatic nitrogens is 6. The summed E-state index contributed by atoms with van der Waals surface area (Å²) in [6.07, 6.45) is 3.35. The lowest BCUT2D eigenvalue weighted by molar-refractivity contribution is 0.251. The highest BCUT2D eigenvalue weighted by Gasteiger charge is 2.21. The Bertz CT molecular complexity index is 1530. The molecule has 0 aliphatic carbocycles. The van der Waals surface area contributed by atoms with Gasteiger partial charge in [0, 0.05) is 29.1 Å². The first-order valence-electron chi connectivity index (χ1n) is 11.1.